The van der Waals surface area contributed by atoms with Crippen molar-refractivity contribution in [2.24, 2.45) is 0 Å². The molecule has 1 amide bonds. The van der Waals surface area contributed by atoms with Crippen LogP contribution in [0.1, 0.15) is 25.8 Å². The van der Waals surface area contributed by atoms with E-state index in [4.69, 9.17) is 11.6 Å². The molecule has 4 heteroatoms. The molecule has 1 aromatic carbocycles. The van der Waals surface area contributed by atoms with Crippen molar-refractivity contribution in [3.05, 3.63) is 34.3 Å². The van der Waals surface area contributed by atoms with Crippen molar-refractivity contribution in [3.63, 3.8) is 0 Å². The molecule has 0 radical (unpaired) electrons. The smallest absolute Gasteiger partial charge is 0.224 e. The van der Waals surface area contributed by atoms with Crippen molar-refractivity contribution in [3.8, 4) is 0 Å². The van der Waals surface area contributed by atoms with Gasteiger partial charge in [0.15, 0.2) is 0 Å². The van der Waals surface area contributed by atoms with Crippen LogP contribution in [0.15, 0.2) is 28.7 Å². The second-order valence-corrected chi connectivity index (χ2v) is 5.95. The number of alkyl halides is 1. The number of hydrogen-bond donors (Lipinski definition) is 1. The van der Waals surface area contributed by atoms with Crippen molar-refractivity contribution >= 4 is 33.4 Å². The maximum absolute atomic E-state index is 11.7. The molecule has 0 aliphatic carbocycles. The Morgan fingerprint density at radius 1 is 1.35 bits per heavy atom. The number of rotatable bonds is 5. The minimum atomic E-state index is 0.0390. The van der Waals surface area contributed by atoms with E-state index in [-0.39, 0.29) is 17.3 Å². The largest absolute Gasteiger partial charge is 0.353 e. The number of nitrogens with one attached hydrogen (secondary N) is 1. The average Bonchev–Trinajstić information content (AvgIpc) is 2.19. The topological polar surface area (TPSA) is 29.1 Å². The van der Waals surface area contributed by atoms with Crippen molar-refractivity contribution in [1.82, 2.24) is 5.32 Å². The third kappa shape index (κ3) is 6.08. The van der Waals surface area contributed by atoms with Gasteiger partial charge in [-0.1, -0.05) is 28.1 Å². The molecule has 0 aliphatic heterocycles. The number of benzene rings is 1. The molecule has 1 aromatic rings. The van der Waals surface area contributed by atoms with Gasteiger partial charge in [-0.25, -0.2) is 0 Å². The molecule has 94 valence electrons. The number of amides is 1. The SMILES string of the molecule is CC(Cl)CC(C)NC(=O)Cc1ccc(Br)cc1. The zero-order valence-corrected chi connectivity index (χ0v) is 12.4. The summed E-state index contributed by atoms with van der Waals surface area (Å²) in [6, 6.07) is 7.88. The second-order valence-electron chi connectivity index (χ2n) is 4.29. The number of halogens is 2. The van der Waals surface area contributed by atoms with Crippen LogP contribution in [0, 0.1) is 0 Å². The lowest BCUT2D eigenvalue weighted by atomic mass is 10.1. The highest BCUT2D eigenvalue weighted by Crippen LogP contribution is 2.11. The zero-order valence-electron chi connectivity index (χ0n) is 10.0. The van der Waals surface area contributed by atoms with Crippen LogP contribution < -0.4 is 5.32 Å². The van der Waals surface area contributed by atoms with Gasteiger partial charge >= 0.3 is 0 Å². The van der Waals surface area contributed by atoms with Gasteiger partial charge in [-0.2, -0.15) is 0 Å². The number of carbonyl (C=O) groups excluding carboxylic acids is 1. The summed E-state index contributed by atoms with van der Waals surface area (Å²) < 4.78 is 1.02. The van der Waals surface area contributed by atoms with Gasteiger partial charge in [-0.05, 0) is 38.0 Å². The molecule has 0 spiro atoms. The van der Waals surface area contributed by atoms with E-state index < -0.39 is 0 Å². The highest BCUT2D eigenvalue weighted by molar-refractivity contribution is 9.10. The van der Waals surface area contributed by atoms with Crippen LogP contribution >= 0.6 is 27.5 Å². The molecular weight excluding hydrogens is 302 g/mol. The molecule has 1 rings (SSSR count). The van der Waals surface area contributed by atoms with Gasteiger partial charge in [0, 0.05) is 15.9 Å². The summed E-state index contributed by atoms with van der Waals surface area (Å²) in [5.74, 6) is 0.0390. The molecule has 0 aromatic heterocycles. The summed E-state index contributed by atoms with van der Waals surface area (Å²) in [4.78, 5) is 11.7. The van der Waals surface area contributed by atoms with Crippen LogP contribution in [0.2, 0.25) is 0 Å². The Morgan fingerprint density at radius 2 is 1.94 bits per heavy atom. The van der Waals surface area contributed by atoms with Gasteiger partial charge < -0.3 is 5.32 Å². The first-order chi connectivity index (χ1) is 7.97. The summed E-state index contributed by atoms with van der Waals surface area (Å²) in [5, 5.41) is 3.02. The van der Waals surface area contributed by atoms with Gasteiger partial charge in [-0.3, -0.25) is 4.79 Å². The molecule has 17 heavy (non-hydrogen) atoms. The summed E-state index contributed by atoms with van der Waals surface area (Å²) in [5.41, 5.74) is 1.01. The monoisotopic (exact) mass is 317 g/mol. The fraction of sp³-hybridized carbons (Fsp3) is 0.462. The Balaban J connectivity index is 2.41. The lowest BCUT2D eigenvalue weighted by Crippen LogP contribution is -2.34. The van der Waals surface area contributed by atoms with Crippen LogP contribution in [-0.4, -0.2) is 17.3 Å². The second kappa shape index (κ2) is 7.02. The first-order valence-electron chi connectivity index (χ1n) is 5.65. The first kappa shape index (κ1) is 14.5. The average molecular weight is 319 g/mol. The molecular formula is C13H17BrClNO. The molecule has 1 N–H and O–H groups in total. The maximum atomic E-state index is 11.7. The van der Waals surface area contributed by atoms with E-state index in [0.717, 1.165) is 16.5 Å². The van der Waals surface area contributed by atoms with E-state index in [1.54, 1.807) is 0 Å². The molecule has 2 unspecified atom stereocenters. The molecule has 0 fully saturated rings. The van der Waals surface area contributed by atoms with Gasteiger partial charge in [-0.15, -0.1) is 11.6 Å². The molecule has 0 heterocycles. The number of hydrogen-bond acceptors (Lipinski definition) is 1. The fourth-order valence-corrected chi connectivity index (χ4v) is 2.19. The zero-order chi connectivity index (χ0) is 12.8. The van der Waals surface area contributed by atoms with E-state index in [9.17, 15) is 4.79 Å². The van der Waals surface area contributed by atoms with E-state index in [1.807, 2.05) is 38.1 Å². The van der Waals surface area contributed by atoms with Crippen LogP contribution in [0.5, 0.6) is 0 Å². The molecule has 0 saturated heterocycles. The Labute approximate surface area is 116 Å². The lowest BCUT2D eigenvalue weighted by Gasteiger charge is -2.15. The Bertz CT molecular complexity index is 364. The Hall–Kier alpha value is -0.540. The normalized spacial score (nSPS) is 14.1. The Morgan fingerprint density at radius 3 is 2.47 bits per heavy atom. The van der Waals surface area contributed by atoms with Crippen molar-refractivity contribution in [2.75, 3.05) is 0 Å². The summed E-state index contributed by atoms with van der Waals surface area (Å²) in [6.07, 6.45) is 1.20. The van der Waals surface area contributed by atoms with Gasteiger partial charge in [0.1, 0.15) is 0 Å². The van der Waals surface area contributed by atoms with Gasteiger partial charge in [0.05, 0.1) is 6.42 Å². The molecule has 0 bridgehead atoms. The molecule has 2 atom stereocenters. The summed E-state index contributed by atoms with van der Waals surface area (Å²) in [7, 11) is 0. The highest BCUT2D eigenvalue weighted by atomic mass is 79.9. The maximum Gasteiger partial charge on any atom is 0.224 e. The number of carbonyl (C=O) groups is 1. The standard InChI is InChI=1S/C13H17BrClNO/c1-9(15)7-10(2)16-13(17)8-11-3-5-12(14)6-4-11/h3-6,9-10H,7-8H2,1-2H3,(H,16,17). The van der Waals surface area contributed by atoms with Crippen molar-refractivity contribution < 1.29 is 4.79 Å². The van der Waals surface area contributed by atoms with E-state index in [1.165, 1.54) is 0 Å². The quantitative estimate of drug-likeness (QED) is 0.827. The third-order valence-corrected chi connectivity index (χ3v) is 3.07. The summed E-state index contributed by atoms with van der Waals surface area (Å²) >= 11 is 9.24. The highest BCUT2D eigenvalue weighted by Gasteiger charge is 2.10. The van der Waals surface area contributed by atoms with Crippen LogP contribution in [0.25, 0.3) is 0 Å². The molecule has 2 nitrogen and oxygen atoms in total. The molecule has 0 aliphatic rings. The third-order valence-electron chi connectivity index (χ3n) is 2.36. The van der Waals surface area contributed by atoms with Crippen LogP contribution in [-0.2, 0) is 11.2 Å². The minimum Gasteiger partial charge on any atom is -0.353 e. The van der Waals surface area contributed by atoms with Crippen LogP contribution in [0.3, 0.4) is 0 Å². The van der Waals surface area contributed by atoms with Gasteiger partial charge in [0.25, 0.3) is 0 Å². The van der Waals surface area contributed by atoms with Gasteiger partial charge in [0.2, 0.25) is 5.91 Å². The van der Waals surface area contributed by atoms with Crippen LogP contribution in [0.4, 0.5) is 0 Å². The fourth-order valence-electron chi connectivity index (χ4n) is 1.66. The van der Waals surface area contributed by atoms with Crippen molar-refractivity contribution in [1.29, 1.82) is 0 Å². The van der Waals surface area contributed by atoms with E-state index >= 15 is 0 Å². The predicted octanol–water partition coefficient (Wildman–Crippen LogP) is 3.51. The Kier molecular flexibility index (Phi) is 6.00. The van der Waals surface area contributed by atoms with E-state index in [0.29, 0.717) is 6.42 Å². The summed E-state index contributed by atoms with van der Waals surface area (Å²) in [6.45, 7) is 3.90. The predicted molar refractivity (Wildman–Crippen MR) is 75.4 cm³/mol. The first-order valence-corrected chi connectivity index (χ1v) is 6.88. The molecule has 0 saturated carbocycles. The van der Waals surface area contributed by atoms with Crippen molar-refractivity contribution in [2.45, 2.75) is 38.1 Å². The van der Waals surface area contributed by atoms with E-state index in [2.05, 4.69) is 21.2 Å². The minimum absolute atomic E-state index is 0.0390. The lowest BCUT2D eigenvalue weighted by molar-refractivity contribution is -0.121.